The zero-order chi connectivity index (χ0) is 11.3. The maximum absolute atomic E-state index is 11.6. The van der Waals surface area contributed by atoms with Crippen LogP contribution in [0.3, 0.4) is 0 Å². The van der Waals surface area contributed by atoms with Gasteiger partial charge in [0.05, 0.1) is 0 Å². The second kappa shape index (κ2) is 2.95. The molecule has 80 valence electrons. The molecule has 4 heteroatoms. The van der Waals surface area contributed by atoms with Gasteiger partial charge in [-0.25, -0.2) is 4.79 Å². The van der Waals surface area contributed by atoms with Crippen molar-refractivity contribution < 1.29 is 13.9 Å². The van der Waals surface area contributed by atoms with Gasteiger partial charge in [-0.1, -0.05) is 0 Å². The molecule has 0 spiro atoms. The van der Waals surface area contributed by atoms with E-state index in [0.29, 0.717) is 16.9 Å². The van der Waals surface area contributed by atoms with Gasteiger partial charge in [-0.15, -0.1) is 0 Å². The number of Topliss-reactive ketones (excluding diaryl/α,β-unsaturated/α-hetero) is 1. The van der Waals surface area contributed by atoms with E-state index in [1.807, 2.05) is 6.92 Å². The first kappa shape index (κ1) is 9.15. The average Bonchev–Trinajstić information content (AvgIpc) is 2.60. The van der Waals surface area contributed by atoms with E-state index in [9.17, 15) is 9.59 Å². The summed E-state index contributed by atoms with van der Waals surface area (Å²) >= 11 is 0. The Morgan fingerprint density at radius 1 is 1.25 bits per heavy atom. The molecular formula is C12H8O4. The van der Waals surface area contributed by atoms with E-state index in [1.54, 1.807) is 12.1 Å². The highest BCUT2D eigenvalue weighted by atomic mass is 16.5. The Morgan fingerprint density at radius 3 is 2.88 bits per heavy atom. The highest BCUT2D eigenvalue weighted by Crippen LogP contribution is 2.32. The van der Waals surface area contributed by atoms with Crippen molar-refractivity contribution in [2.24, 2.45) is 0 Å². The van der Waals surface area contributed by atoms with Gasteiger partial charge in [0.2, 0.25) is 5.78 Å². The first-order chi connectivity index (χ1) is 7.66. The first-order valence-corrected chi connectivity index (χ1v) is 4.90. The second-order valence-electron chi connectivity index (χ2n) is 3.78. The molecule has 1 aliphatic rings. The molecule has 0 aliphatic carbocycles. The minimum absolute atomic E-state index is 0.0199. The number of hydrogen-bond acceptors (Lipinski definition) is 4. The van der Waals surface area contributed by atoms with Crippen LogP contribution in [0.4, 0.5) is 0 Å². The molecule has 0 N–H and O–H groups in total. The van der Waals surface area contributed by atoms with Gasteiger partial charge in [0, 0.05) is 11.5 Å². The van der Waals surface area contributed by atoms with Crippen molar-refractivity contribution in [1.82, 2.24) is 0 Å². The number of ether oxygens (including phenoxy) is 1. The second-order valence-corrected chi connectivity index (χ2v) is 3.78. The van der Waals surface area contributed by atoms with Crippen molar-refractivity contribution in [2.45, 2.75) is 6.92 Å². The van der Waals surface area contributed by atoms with Crippen LogP contribution in [-0.2, 0) is 0 Å². The minimum atomic E-state index is -0.446. The topological polar surface area (TPSA) is 56.5 Å². The van der Waals surface area contributed by atoms with Crippen molar-refractivity contribution in [3.63, 3.8) is 0 Å². The Balaban J connectivity index is 2.54. The summed E-state index contributed by atoms with van der Waals surface area (Å²) in [6.45, 7) is 1.83. The largest absolute Gasteiger partial charge is 0.485 e. The molecule has 0 bridgehead atoms. The summed E-state index contributed by atoms with van der Waals surface area (Å²) in [7, 11) is 0. The van der Waals surface area contributed by atoms with Crippen LogP contribution in [0.5, 0.6) is 5.75 Å². The molecule has 0 saturated heterocycles. The lowest BCUT2D eigenvalue weighted by molar-refractivity contribution is 0.0961. The average molecular weight is 216 g/mol. The molecule has 0 atom stereocenters. The lowest BCUT2D eigenvalue weighted by Crippen LogP contribution is -2.03. The summed E-state index contributed by atoms with van der Waals surface area (Å²) in [6, 6.07) is 4.94. The van der Waals surface area contributed by atoms with E-state index in [-0.39, 0.29) is 12.4 Å². The van der Waals surface area contributed by atoms with Gasteiger partial charge in [0.1, 0.15) is 11.3 Å². The lowest BCUT2D eigenvalue weighted by atomic mass is 10.1. The number of aryl methyl sites for hydroxylation is 1. The van der Waals surface area contributed by atoms with E-state index in [1.165, 1.54) is 6.07 Å². The highest BCUT2D eigenvalue weighted by molar-refractivity contribution is 6.11. The monoisotopic (exact) mass is 216 g/mol. The van der Waals surface area contributed by atoms with Gasteiger partial charge in [-0.2, -0.15) is 0 Å². The van der Waals surface area contributed by atoms with E-state index in [0.717, 1.165) is 10.9 Å². The third-order valence-corrected chi connectivity index (χ3v) is 2.72. The Bertz CT molecular complexity index is 667. The van der Waals surface area contributed by atoms with Gasteiger partial charge in [-0.05, 0) is 24.6 Å². The van der Waals surface area contributed by atoms with Gasteiger partial charge >= 0.3 is 5.63 Å². The van der Waals surface area contributed by atoms with E-state index < -0.39 is 5.63 Å². The van der Waals surface area contributed by atoms with Crippen LogP contribution in [-0.4, -0.2) is 12.4 Å². The molecule has 3 rings (SSSR count). The predicted octanol–water partition coefficient (Wildman–Crippen LogP) is 1.68. The Morgan fingerprint density at radius 2 is 2.06 bits per heavy atom. The number of hydrogen-bond donors (Lipinski definition) is 0. The molecule has 1 aromatic carbocycles. The maximum Gasteiger partial charge on any atom is 0.336 e. The standard InChI is InChI=1S/C12H8O4/c1-6-4-10(14)16-12-7(6)2-3-9-11(12)8(13)5-15-9/h2-4H,5H2,1H3. The lowest BCUT2D eigenvalue weighted by Gasteiger charge is -2.03. The summed E-state index contributed by atoms with van der Waals surface area (Å²) in [6.07, 6.45) is 0. The van der Waals surface area contributed by atoms with Crippen LogP contribution >= 0.6 is 0 Å². The minimum Gasteiger partial charge on any atom is -0.485 e. The summed E-state index contributed by atoms with van der Waals surface area (Å²) in [4.78, 5) is 22.9. The van der Waals surface area contributed by atoms with Crippen LogP contribution in [0.1, 0.15) is 15.9 Å². The molecule has 0 amide bonds. The smallest absolute Gasteiger partial charge is 0.336 e. The quantitative estimate of drug-likeness (QED) is 0.628. The Labute approximate surface area is 90.4 Å². The molecular weight excluding hydrogens is 208 g/mol. The van der Waals surface area contributed by atoms with E-state index in [2.05, 4.69) is 0 Å². The Hall–Kier alpha value is -2.10. The van der Waals surface area contributed by atoms with Crippen LogP contribution in [0.2, 0.25) is 0 Å². The van der Waals surface area contributed by atoms with Crippen molar-refractivity contribution in [3.05, 3.63) is 39.7 Å². The molecule has 1 aromatic heterocycles. The molecule has 0 saturated carbocycles. The molecule has 2 heterocycles. The van der Waals surface area contributed by atoms with E-state index in [4.69, 9.17) is 9.15 Å². The maximum atomic E-state index is 11.6. The van der Waals surface area contributed by atoms with Crippen molar-refractivity contribution >= 4 is 16.8 Å². The summed E-state index contributed by atoms with van der Waals surface area (Å²) in [5, 5.41) is 0.775. The number of carbonyl (C=O) groups is 1. The van der Waals surface area contributed by atoms with Crippen molar-refractivity contribution in [1.29, 1.82) is 0 Å². The Kier molecular flexibility index (Phi) is 1.68. The van der Waals surface area contributed by atoms with Gasteiger partial charge in [-0.3, -0.25) is 4.79 Å². The number of fused-ring (bicyclic) bond motifs is 3. The zero-order valence-corrected chi connectivity index (χ0v) is 8.57. The fourth-order valence-corrected chi connectivity index (χ4v) is 1.97. The van der Waals surface area contributed by atoms with Crippen LogP contribution in [0.15, 0.2) is 27.4 Å². The number of ketones is 1. The summed E-state index contributed by atoms with van der Waals surface area (Å²) in [5.74, 6) is 0.348. The van der Waals surface area contributed by atoms with Crippen molar-refractivity contribution in [2.75, 3.05) is 6.61 Å². The van der Waals surface area contributed by atoms with Crippen molar-refractivity contribution in [3.8, 4) is 5.75 Å². The first-order valence-electron chi connectivity index (χ1n) is 4.90. The van der Waals surface area contributed by atoms with Gasteiger partial charge in [0.25, 0.3) is 0 Å². The number of rotatable bonds is 0. The SMILES string of the molecule is Cc1cc(=O)oc2c3c(ccc12)OCC3=O. The summed E-state index contributed by atoms with van der Waals surface area (Å²) < 4.78 is 10.3. The number of carbonyl (C=O) groups excluding carboxylic acids is 1. The molecule has 0 unspecified atom stereocenters. The predicted molar refractivity (Wildman–Crippen MR) is 57.0 cm³/mol. The summed E-state index contributed by atoms with van der Waals surface area (Å²) in [5.41, 5.74) is 1.08. The zero-order valence-electron chi connectivity index (χ0n) is 8.57. The molecule has 0 radical (unpaired) electrons. The molecule has 1 aliphatic heterocycles. The highest BCUT2D eigenvalue weighted by Gasteiger charge is 2.25. The third-order valence-electron chi connectivity index (χ3n) is 2.72. The van der Waals surface area contributed by atoms with Gasteiger partial charge in [0.15, 0.2) is 12.2 Å². The normalized spacial score (nSPS) is 13.9. The molecule has 2 aromatic rings. The molecule has 16 heavy (non-hydrogen) atoms. The number of benzene rings is 1. The van der Waals surface area contributed by atoms with E-state index >= 15 is 0 Å². The molecule has 4 nitrogen and oxygen atoms in total. The fraction of sp³-hybridized carbons (Fsp3) is 0.167. The third kappa shape index (κ3) is 1.10. The van der Waals surface area contributed by atoms with Crippen LogP contribution < -0.4 is 10.4 Å². The van der Waals surface area contributed by atoms with Gasteiger partial charge < -0.3 is 9.15 Å². The van der Waals surface area contributed by atoms with Crippen LogP contribution in [0, 0.1) is 6.92 Å². The molecule has 0 fully saturated rings. The van der Waals surface area contributed by atoms with Crippen LogP contribution in [0.25, 0.3) is 11.0 Å². The fourth-order valence-electron chi connectivity index (χ4n) is 1.97.